The number of carboxylic acid groups (broad SMARTS) is 2. The Morgan fingerprint density at radius 3 is 2.21 bits per heavy atom. The lowest BCUT2D eigenvalue weighted by Gasteiger charge is -2.17. The molecule has 1 aromatic carbocycles. The van der Waals surface area contributed by atoms with Crippen molar-refractivity contribution < 1.29 is 38.9 Å². The lowest BCUT2D eigenvalue weighted by Crippen LogP contribution is -2.19. The number of rotatable bonds is 12. The van der Waals surface area contributed by atoms with Crippen LogP contribution in [-0.2, 0) is 14.3 Å². The molecule has 0 aliphatic heterocycles. The Kier molecular flexibility index (Phi) is 9.58. The molecular weight excluding hydrogens is 380 g/mol. The van der Waals surface area contributed by atoms with E-state index in [0.29, 0.717) is 24.8 Å². The van der Waals surface area contributed by atoms with Crippen LogP contribution in [0.5, 0.6) is 0 Å². The van der Waals surface area contributed by atoms with Crippen LogP contribution in [0, 0.1) is 0 Å². The molecule has 0 heterocycles. The van der Waals surface area contributed by atoms with Gasteiger partial charge < -0.3 is 19.7 Å². The summed E-state index contributed by atoms with van der Waals surface area (Å²) in [5, 5.41) is 18.1. The summed E-state index contributed by atoms with van der Waals surface area (Å²) in [6.07, 6.45) is 3.19. The molecule has 158 valence electrons. The average Bonchev–Trinajstić information content (AvgIpc) is 2.67. The predicted molar refractivity (Wildman–Crippen MR) is 104 cm³/mol. The Balaban J connectivity index is 2.64. The third-order valence-corrected chi connectivity index (χ3v) is 4.12. The molecule has 8 nitrogen and oxygen atoms in total. The van der Waals surface area contributed by atoms with Crippen LogP contribution in [0.1, 0.15) is 77.0 Å². The van der Waals surface area contributed by atoms with Crippen molar-refractivity contribution >= 4 is 23.9 Å². The lowest BCUT2D eigenvalue weighted by molar-refractivity contribution is -0.145. The maximum Gasteiger partial charge on any atom is 0.338 e. The van der Waals surface area contributed by atoms with Crippen LogP contribution in [0.4, 0.5) is 0 Å². The highest BCUT2D eigenvalue weighted by molar-refractivity contribution is 6.03. The molecule has 0 fully saturated rings. The van der Waals surface area contributed by atoms with E-state index in [1.54, 1.807) is 6.92 Å². The minimum absolute atomic E-state index is 0.0508. The molecule has 1 rings (SSSR count). The summed E-state index contributed by atoms with van der Waals surface area (Å²) < 4.78 is 10.5. The van der Waals surface area contributed by atoms with Gasteiger partial charge in [0.05, 0.1) is 23.3 Å². The molecule has 1 unspecified atom stereocenters. The van der Waals surface area contributed by atoms with Crippen molar-refractivity contribution in [1.29, 1.82) is 0 Å². The summed E-state index contributed by atoms with van der Waals surface area (Å²) >= 11 is 0. The van der Waals surface area contributed by atoms with Gasteiger partial charge in [-0.2, -0.15) is 0 Å². The van der Waals surface area contributed by atoms with Crippen LogP contribution in [0.3, 0.4) is 0 Å². The maximum absolute atomic E-state index is 12.1. The van der Waals surface area contributed by atoms with Gasteiger partial charge in [-0.05, 0) is 44.4 Å². The Morgan fingerprint density at radius 1 is 1.03 bits per heavy atom. The third-order valence-electron chi connectivity index (χ3n) is 4.12. The average molecular weight is 406 g/mol. The first-order valence-corrected chi connectivity index (χ1v) is 9.31. The van der Waals surface area contributed by atoms with Gasteiger partial charge >= 0.3 is 23.9 Å². The molecule has 0 aliphatic rings. The fourth-order valence-electron chi connectivity index (χ4n) is 2.54. The molecule has 29 heavy (non-hydrogen) atoms. The second-order valence-corrected chi connectivity index (χ2v) is 6.60. The molecule has 0 bridgehead atoms. The van der Waals surface area contributed by atoms with Crippen molar-refractivity contribution in [2.75, 3.05) is 6.61 Å². The molecule has 0 saturated carbocycles. The highest BCUT2D eigenvalue weighted by Gasteiger charge is 2.19. The number of benzene rings is 1. The van der Waals surface area contributed by atoms with Crippen LogP contribution >= 0.6 is 0 Å². The maximum atomic E-state index is 12.1. The van der Waals surface area contributed by atoms with E-state index in [9.17, 15) is 19.2 Å². The normalized spacial score (nSPS) is 11.4. The number of carbonyl (C=O) groups excluding carboxylic acids is 2. The zero-order valence-corrected chi connectivity index (χ0v) is 16.6. The standard InChI is InChI=1S/C21H26O8/c1-4-5-7-15(29-20(26)13(2)3)8-6-11-28-21(27)14-9-10-16(18(22)23)17(12-14)19(24)25/h9-10,12,15H,2,4-8,11H2,1,3H3,(H,22,23)(H,24,25). The molecule has 0 aliphatic carbocycles. The van der Waals surface area contributed by atoms with Gasteiger partial charge in [0.15, 0.2) is 0 Å². The van der Waals surface area contributed by atoms with E-state index in [1.807, 2.05) is 6.92 Å². The number of hydrogen-bond donors (Lipinski definition) is 2. The number of unbranched alkanes of at least 4 members (excludes halogenated alkanes) is 1. The van der Waals surface area contributed by atoms with Gasteiger partial charge in [0.25, 0.3) is 0 Å². The summed E-state index contributed by atoms with van der Waals surface area (Å²) in [6, 6.07) is 3.24. The van der Waals surface area contributed by atoms with Crippen molar-refractivity contribution in [2.24, 2.45) is 0 Å². The van der Waals surface area contributed by atoms with Crippen LogP contribution in [0.2, 0.25) is 0 Å². The van der Waals surface area contributed by atoms with E-state index in [-0.39, 0.29) is 18.3 Å². The van der Waals surface area contributed by atoms with E-state index in [0.717, 1.165) is 25.0 Å². The SMILES string of the molecule is C=C(C)C(=O)OC(CCCC)CCCOC(=O)c1ccc(C(=O)O)c(C(=O)O)c1. The van der Waals surface area contributed by atoms with Gasteiger partial charge in [0, 0.05) is 5.57 Å². The molecule has 1 atom stereocenters. The second kappa shape index (κ2) is 11.6. The fourth-order valence-corrected chi connectivity index (χ4v) is 2.54. The second-order valence-electron chi connectivity index (χ2n) is 6.60. The fraction of sp³-hybridized carbons (Fsp3) is 0.429. The van der Waals surface area contributed by atoms with E-state index in [4.69, 9.17) is 19.7 Å². The van der Waals surface area contributed by atoms with E-state index < -0.39 is 35.0 Å². The quantitative estimate of drug-likeness (QED) is 0.306. The Morgan fingerprint density at radius 2 is 1.66 bits per heavy atom. The Hall–Kier alpha value is -3.16. The summed E-state index contributed by atoms with van der Waals surface area (Å²) in [6.45, 7) is 7.21. The van der Waals surface area contributed by atoms with Crippen LogP contribution < -0.4 is 0 Å². The third kappa shape index (κ3) is 7.77. The largest absolute Gasteiger partial charge is 0.478 e. The van der Waals surface area contributed by atoms with Crippen LogP contribution in [0.25, 0.3) is 0 Å². The highest BCUT2D eigenvalue weighted by atomic mass is 16.5. The molecule has 0 amide bonds. The first-order valence-electron chi connectivity index (χ1n) is 9.31. The zero-order valence-electron chi connectivity index (χ0n) is 16.6. The zero-order chi connectivity index (χ0) is 22.0. The van der Waals surface area contributed by atoms with E-state index >= 15 is 0 Å². The van der Waals surface area contributed by atoms with Gasteiger partial charge in [-0.3, -0.25) is 0 Å². The molecule has 8 heteroatoms. The summed E-state index contributed by atoms with van der Waals surface area (Å²) in [5.41, 5.74) is -0.633. The molecule has 1 aromatic rings. The Labute approximate surface area is 169 Å². The first kappa shape index (κ1) is 23.9. The number of hydrogen-bond acceptors (Lipinski definition) is 6. The van der Waals surface area contributed by atoms with Gasteiger partial charge in [0.2, 0.25) is 0 Å². The van der Waals surface area contributed by atoms with Gasteiger partial charge in [-0.25, -0.2) is 19.2 Å². The molecule has 0 radical (unpaired) electrons. The van der Waals surface area contributed by atoms with Crippen molar-refractivity contribution in [3.05, 3.63) is 47.0 Å². The monoisotopic (exact) mass is 406 g/mol. The van der Waals surface area contributed by atoms with E-state index in [1.165, 1.54) is 6.07 Å². The number of carbonyl (C=O) groups is 4. The number of ether oxygens (including phenoxy) is 2. The van der Waals surface area contributed by atoms with E-state index in [2.05, 4.69) is 6.58 Å². The number of esters is 2. The molecule has 0 aromatic heterocycles. The summed E-state index contributed by atoms with van der Waals surface area (Å²) in [7, 11) is 0. The van der Waals surface area contributed by atoms with Crippen molar-refractivity contribution in [3.8, 4) is 0 Å². The topological polar surface area (TPSA) is 127 Å². The van der Waals surface area contributed by atoms with Crippen molar-refractivity contribution in [3.63, 3.8) is 0 Å². The molecule has 2 N–H and O–H groups in total. The van der Waals surface area contributed by atoms with Crippen LogP contribution in [0.15, 0.2) is 30.4 Å². The lowest BCUT2D eigenvalue weighted by atomic mass is 10.0. The number of carboxylic acids is 2. The first-order chi connectivity index (χ1) is 13.7. The number of aromatic carboxylic acids is 2. The smallest absolute Gasteiger partial charge is 0.338 e. The molecular formula is C21H26O8. The van der Waals surface area contributed by atoms with Crippen molar-refractivity contribution in [2.45, 2.75) is 52.1 Å². The minimum atomic E-state index is -1.45. The van der Waals surface area contributed by atoms with Crippen LogP contribution in [-0.4, -0.2) is 46.8 Å². The van der Waals surface area contributed by atoms with Crippen molar-refractivity contribution in [1.82, 2.24) is 0 Å². The summed E-state index contributed by atoms with van der Waals surface area (Å²) in [5.74, 6) is -4.06. The molecule has 0 saturated heterocycles. The van der Waals surface area contributed by atoms with Gasteiger partial charge in [-0.1, -0.05) is 26.3 Å². The Bertz CT molecular complexity index is 781. The highest BCUT2D eigenvalue weighted by Crippen LogP contribution is 2.16. The molecule has 0 spiro atoms. The van der Waals surface area contributed by atoms with Gasteiger partial charge in [0.1, 0.15) is 6.10 Å². The minimum Gasteiger partial charge on any atom is -0.478 e. The van der Waals surface area contributed by atoms with Gasteiger partial charge in [-0.15, -0.1) is 0 Å². The predicted octanol–water partition coefficient (Wildman–Crippen LogP) is 3.70. The summed E-state index contributed by atoms with van der Waals surface area (Å²) in [4.78, 5) is 46.1.